The molecule has 0 amide bonds. The number of aromatic nitrogens is 4. The predicted molar refractivity (Wildman–Crippen MR) is 155 cm³/mol. The lowest BCUT2D eigenvalue weighted by Crippen LogP contribution is -2.58. The van der Waals surface area contributed by atoms with Crippen LogP contribution in [0.25, 0.3) is 32.9 Å². The van der Waals surface area contributed by atoms with E-state index in [4.69, 9.17) is 21.6 Å². The first-order chi connectivity index (χ1) is 18.7. The Balaban J connectivity index is 1.60. The molecule has 2 aromatic carbocycles. The Morgan fingerprint density at radius 3 is 2.62 bits per heavy atom. The second-order valence-electron chi connectivity index (χ2n) is 11.5. The van der Waals surface area contributed by atoms with Crippen molar-refractivity contribution in [3.8, 4) is 11.1 Å². The predicted octanol–water partition coefficient (Wildman–Crippen LogP) is 5.14. The third-order valence-corrected chi connectivity index (χ3v) is 8.83. The average Bonchev–Trinajstić information content (AvgIpc) is 3.29. The zero-order valence-corrected chi connectivity index (χ0v) is 23.8. The van der Waals surface area contributed by atoms with Crippen molar-refractivity contribution in [2.75, 3.05) is 43.5 Å². The Hall–Kier alpha value is -3.01. The number of anilines is 2. The highest BCUT2D eigenvalue weighted by Crippen LogP contribution is 2.44. The Morgan fingerprint density at radius 1 is 1.13 bits per heavy atom. The largest absolute Gasteiger partial charge is 0.390 e. The first kappa shape index (κ1) is 26.2. The number of aliphatic hydroxyl groups excluding tert-OH is 1. The summed E-state index contributed by atoms with van der Waals surface area (Å²) in [7, 11) is 4.14. The van der Waals surface area contributed by atoms with Crippen LogP contribution < -0.4 is 9.80 Å². The molecule has 4 heterocycles. The molecular weight excluding hydrogens is 517 g/mol. The summed E-state index contributed by atoms with van der Waals surface area (Å²) in [5.41, 5.74) is 3.16. The number of aryl methyl sites for hydroxylation is 1. The number of hydrogen-bond donors (Lipinski definition) is 2. The zero-order chi connectivity index (χ0) is 27.6. The summed E-state index contributed by atoms with van der Waals surface area (Å²) in [5.74, 6) is 1.31. The fourth-order valence-corrected chi connectivity index (χ4v) is 6.29. The lowest BCUT2D eigenvalue weighted by Gasteiger charge is -2.43. The molecule has 2 saturated heterocycles. The van der Waals surface area contributed by atoms with Crippen molar-refractivity contribution in [1.82, 2.24) is 25.1 Å². The first-order valence-corrected chi connectivity index (χ1v) is 14.0. The van der Waals surface area contributed by atoms with Gasteiger partial charge in [0.2, 0.25) is 5.95 Å². The standard InChI is InChI=1S/C29H35ClFN7O/c1-15-6-8-17(3)38(11-15)28-19-10-20(30)24(23-16(2)7-9-21-25(23)22(14-39)35-34-21)26(31)27(19)32-29(33-28)37-12-18(13-37)36(4)5/h7,9-10,15,17-18,39H,6,8,11-14H2,1-5H3,(H,34,35)/t15-,17-/m0/s1. The maximum Gasteiger partial charge on any atom is 0.228 e. The summed E-state index contributed by atoms with van der Waals surface area (Å²) in [6.07, 6.45) is 2.21. The lowest BCUT2D eigenvalue weighted by atomic mass is 9.93. The number of nitrogens with one attached hydrogen (secondary N) is 1. The number of aromatic amines is 1. The van der Waals surface area contributed by atoms with Crippen molar-refractivity contribution >= 4 is 45.2 Å². The second kappa shape index (κ2) is 9.87. The molecule has 0 aliphatic carbocycles. The van der Waals surface area contributed by atoms with E-state index in [1.807, 2.05) is 25.1 Å². The third kappa shape index (κ3) is 4.31. The van der Waals surface area contributed by atoms with E-state index in [1.54, 1.807) is 0 Å². The molecule has 2 N–H and O–H groups in total. The molecule has 2 atom stereocenters. The van der Waals surface area contributed by atoms with E-state index in [1.165, 1.54) is 0 Å². The van der Waals surface area contributed by atoms with Gasteiger partial charge in [0, 0.05) is 53.6 Å². The van der Waals surface area contributed by atoms with Gasteiger partial charge in [0.25, 0.3) is 0 Å². The van der Waals surface area contributed by atoms with E-state index in [0.29, 0.717) is 45.5 Å². The first-order valence-electron chi connectivity index (χ1n) is 13.6. The second-order valence-corrected chi connectivity index (χ2v) is 11.9. The van der Waals surface area contributed by atoms with Crippen LogP contribution in [0.5, 0.6) is 0 Å². The van der Waals surface area contributed by atoms with Gasteiger partial charge in [0.15, 0.2) is 5.82 Å². The van der Waals surface area contributed by atoms with Crippen LogP contribution in [-0.4, -0.2) is 76.0 Å². The number of likely N-dealkylation sites (N-methyl/N-ethyl adjacent to an activating group) is 1. The van der Waals surface area contributed by atoms with Gasteiger partial charge >= 0.3 is 0 Å². The molecular formula is C29H35ClFN7O. The van der Waals surface area contributed by atoms with Crippen LogP contribution in [0.1, 0.15) is 37.9 Å². The topological polar surface area (TPSA) is 84.4 Å². The maximum atomic E-state index is 16.8. The quantitative estimate of drug-likeness (QED) is 0.355. The summed E-state index contributed by atoms with van der Waals surface area (Å²) in [5, 5.41) is 18.8. The Morgan fingerprint density at radius 2 is 1.90 bits per heavy atom. The highest BCUT2D eigenvalue weighted by Gasteiger charge is 2.34. The van der Waals surface area contributed by atoms with Gasteiger partial charge in [-0.3, -0.25) is 5.10 Å². The molecule has 2 fully saturated rings. The zero-order valence-electron chi connectivity index (χ0n) is 23.1. The number of rotatable bonds is 5. The molecule has 2 aliphatic heterocycles. The fourth-order valence-electron chi connectivity index (χ4n) is 6.00. The van der Waals surface area contributed by atoms with Crippen molar-refractivity contribution in [3.05, 3.63) is 40.3 Å². The van der Waals surface area contributed by atoms with Crippen LogP contribution in [0.3, 0.4) is 0 Å². The molecule has 206 valence electrons. The van der Waals surface area contributed by atoms with Gasteiger partial charge in [-0.15, -0.1) is 0 Å². The van der Waals surface area contributed by atoms with Crippen LogP contribution in [-0.2, 0) is 6.61 Å². The van der Waals surface area contributed by atoms with E-state index in [2.05, 4.69) is 52.8 Å². The van der Waals surface area contributed by atoms with Crippen LogP contribution >= 0.6 is 11.6 Å². The Labute approximate surface area is 232 Å². The number of benzene rings is 2. The van der Waals surface area contributed by atoms with Crippen molar-refractivity contribution in [3.63, 3.8) is 0 Å². The van der Waals surface area contributed by atoms with Crippen LogP contribution in [0, 0.1) is 18.7 Å². The summed E-state index contributed by atoms with van der Waals surface area (Å²) >= 11 is 6.93. The average molecular weight is 552 g/mol. The SMILES string of the molecule is Cc1ccc2n[nH]c(CO)c2c1-c1c(Cl)cc2c(N3C[C@@H](C)CC[C@@H]3C)nc(N3CC(N(C)C)C3)nc2c1F. The van der Waals surface area contributed by atoms with Crippen molar-refractivity contribution in [2.24, 2.45) is 5.92 Å². The molecule has 10 heteroatoms. The summed E-state index contributed by atoms with van der Waals surface area (Å²) in [6.45, 7) is 8.55. The molecule has 0 spiro atoms. The number of piperidine rings is 1. The number of fused-ring (bicyclic) bond motifs is 2. The molecule has 0 radical (unpaired) electrons. The van der Waals surface area contributed by atoms with Gasteiger partial charge in [-0.2, -0.15) is 10.1 Å². The van der Waals surface area contributed by atoms with Crippen molar-refractivity contribution < 1.29 is 9.50 Å². The van der Waals surface area contributed by atoms with E-state index < -0.39 is 5.82 Å². The van der Waals surface area contributed by atoms with Gasteiger partial charge in [-0.1, -0.05) is 24.6 Å². The molecule has 8 nitrogen and oxygen atoms in total. The number of nitrogens with zero attached hydrogens (tertiary/aromatic N) is 6. The van der Waals surface area contributed by atoms with Gasteiger partial charge in [0.1, 0.15) is 11.3 Å². The normalized spacial score (nSPS) is 20.4. The van der Waals surface area contributed by atoms with Crippen molar-refractivity contribution in [2.45, 2.75) is 52.3 Å². The highest BCUT2D eigenvalue weighted by molar-refractivity contribution is 6.35. The van der Waals surface area contributed by atoms with E-state index in [0.717, 1.165) is 43.9 Å². The number of H-pyrrole nitrogens is 1. The van der Waals surface area contributed by atoms with E-state index in [9.17, 15) is 5.11 Å². The minimum absolute atomic E-state index is 0.247. The maximum absolute atomic E-state index is 16.8. The monoisotopic (exact) mass is 551 g/mol. The van der Waals surface area contributed by atoms with E-state index >= 15 is 4.39 Å². The van der Waals surface area contributed by atoms with E-state index in [-0.39, 0.29) is 28.8 Å². The molecule has 39 heavy (non-hydrogen) atoms. The smallest absolute Gasteiger partial charge is 0.228 e. The Bertz CT molecular complexity index is 1570. The molecule has 6 rings (SSSR count). The Kier molecular flexibility index (Phi) is 6.64. The summed E-state index contributed by atoms with van der Waals surface area (Å²) in [4.78, 5) is 16.5. The van der Waals surface area contributed by atoms with Gasteiger partial charge in [0.05, 0.1) is 22.8 Å². The third-order valence-electron chi connectivity index (χ3n) is 8.53. The lowest BCUT2D eigenvalue weighted by molar-refractivity contribution is 0.245. The van der Waals surface area contributed by atoms with Crippen LogP contribution in [0.2, 0.25) is 5.02 Å². The molecule has 0 saturated carbocycles. The molecule has 0 unspecified atom stereocenters. The fraction of sp³-hybridized carbons (Fsp3) is 0.483. The molecule has 4 aromatic rings. The minimum Gasteiger partial charge on any atom is -0.390 e. The number of halogens is 2. The van der Waals surface area contributed by atoms with Crippen LogP contribution in [0.4, 0.5) is 16.2 Å². The van der Waals surface area contributed by atoms with Crippen LogP contribution in [0.15, 0.2) is 18.2 Å². The molecule has 2 aromatic heterocycles. The number of aliphatic hydroxyl groups is 1. The summed E-state index contributed by atoms with van der Waals surface area (Å²) < 4.78 is 16.8. The van der Waals surface area contributed by atoms with Crippen molar-refractivity contribution in [1.29, 1.82) is 0 Å². The molecule has 2 aliphatic rings. The number of hydrogen-bond acceptors (Lipinski definition) is 7. The highest BCUT2D eigenvalue weighted by atomic mass is 35.5. The minimum atomic E-state index is -0.481. The van der Waals surface area contributed by atoms with Gasteiger partial charge in [-0.25, -0.2) is 9.37 Å². The van der Waals surface area contributed by atoms with Gasteiger partial charge < -0.3 is 19.8 Å². The summed E-state index contributed by atoms with van der Waals surface area (Å²) in [6, 6.07) is 6.25. The molecule has 0 bridgehead atoms. The van der Waals surface area contributed by atoms with Gasteiger partial charge in [-0.05, 0) is 64.4 Å².